The Hall–Kier alpha value is -2.68. The molecule has 1 aliphatic carbocycles. The molecule has 23 heavy (non-hydrogen) atoms. The Balaban J connectivity index is 1.29. The third-order valence-electron chi connectivity index (χ3n) is 4.43. The molecule has 1 saturated heterocycles. The Morgan fingerprint density at radius 2 is 2.09 bits per heavy atom. The fraction of sp³-hybridized carbons (Fsp3) is 0.412. The van der Waals surface area contributed by atoms with Crippen molar-refractivity contribution in [2.24, 2.45) is 5.92 Å². The molecule has 116 valence electrons. The van der Waals surface area contributed by atoms with E-state index >= 15 is 0 Å². The minimum atomic E-state index is 0.536. The van der Waals surface area contributed by atoms with Crippen LogP contribution in [-0.4, -0.2) is 34.8 Å². The van der Waals surface area contributed by atoms with Crippen molar-refractivity contribution < 1.29 is 0 Å². The summed E-state index contributed by atoms with van der Waals surface area (Å²) in [6.45, 7) is 2.73. The maximum absolute atomic E-state index is 9.06. The highest BCUT2D eigenvalue weighted by atomic mass is 15.3. The zero-order chi connectivity index (χ0) is 15.6. The second kappa shape index (κ2) is 5.84. The zero-order valence-corrected chi connectivity index (χ0v) is 12.8. The normalized spacial score (nSPS) is 17.4. The lowest BCUT2D eigenvalue weighted by Gasteiger charge is -2.40. The molecule has 0 radical (unpaired) electrons. The van der Waals surface area contributed by atoms with Gasteiger partial charge in [-0.3, -0.25) is 0 Å². The summed E-state index contributed by atoms with van der Waals surface area (Å²) < 4.78 is 0. The number of nitrogens with one attached hydrogen (secondary N) is 1. The molecular weight excluding hydrogens is 288 g/mol. The smallest absolute Gasteiger partial charge is 0.151 e. The second-order valence-electron chi connectivity index (χ2n) is 6.25. The first-order chi connectivity index (χ1) is 11.3. The van der Waals surface area contributed by atoms with Crippen molar-refractivity contribution in [3.05, 3.63) is 41.7 Å². The van der Waals surface area contributed by atoms with Gasteiger partial charge in [0, 0.05) is 37.7 Å². The summed E-state index contributed by atoms with van der Waals surface area (Å²) in [6.07, 6.45) is 4.21. The van der Waals surface area contributed by atoms with E-state index in [2.05, 4.69) is 43.6 Å². The lowest BCUT2D eigenvalue weighted by molar-refractivity contribution is 0.425. The molecule has 4 rings (SSSR count). The average molecular weight is 306 g/mol. The predicted molar refractivity (Wildman–Crippen MR) is 87.2 cm³/mol. The van der Waals surface area contributed by atoms with Gasteiger partial charge in [0.05, 0.1) is 11.3 Å². The van der Waals surface area contributed by atoms with Crippen LogP contribution >= 0.6 is 0 Å². The van der Waals surface area contributed by atoms with Gasteiger partial charge in [-0.2, -0.15) is 10.4 Å². The predicted octanol–water partition coefficient (Wildman–Crippen LogP) is 2.17. The monoisotopic (exact) mass is 306 g/mol. The summed E-state index contributed by atoms with van der Waals surface area (Å²) >= 11 is 0. The highest BCUT2D eigenvalue weighted by Crippen LogP contribution is 2.38. The van der Waals surface area contributed by atoms with Crippen molar-refractivity contribution in [2.45, 2.75) is 18.8 Å². The molecule has 1 aliphatic heterocycles. The van der Waals surface area contributed by atoms with Crippen molar-refractivity contribution in [3.8, 4) is 6.07 Å². The van der Waals surface area contributed by atoms with Crippen molar-refractivity contribution in [1.82, 2.24) is 15.2 Å². The van der Waals surface area contributed by atoms with Gasteiger partial charge in [0.1, 0.15) is 11.9 Å². The molecule has 0 amide bonds. The molecule has 3 heterocycles. The Bertz CT molecular complexity index is 725. The van der Waals surface area contributed by atoms with Crippen LogP contribution in [0, 0.1) is 17.2 Å². The number of rotatable bonds is 5. The number of hydrogen-bond acceptors (Lipinski definition) is 6. The maximum Gasteiger partial charge on any atom is 0.151 e. The van der Waals surface area contributed by atoms with E-state index in [1.807, 2.05) is 0 Å². The van der Waals surface area contributed by atoms with Crippen molar-refractivity contribution in [3.63, 3.8) is 0 Å². The van der Waals surface area contributed by atoms with Crippen LogP contribution in [-0.2, 0) is 0 Å². The van der Waals surface area contributed by atoms with Crippen LogP contribution in [0.1, 0.15) is 30.0 Å². The van der Waals surface area contributed by atoms with Crippen molar-refractivity contribution in [1.29, 1.82) is 5.26 Å². The molecule has 2 aromatic heterocycles. The van der Waals surface area contributed by atoms with Crippen LogP contribution in [0.4, 0.5) is 11.6 Å². The fourth-order valence-corrected chi connectivity index (χ4v) is 2.86. The molecule has 2 fully saturated rings. The van der Waals surface area contributed by atoms with E-state index in [9.17, 15) is 0 Å². The SMILES string of the molecule is N#Cc1cccnc1NCC1CN(c2ccc(C3CC3)nn2)C1. The van der Waals surface area contributed by atoms with E-state index < -0.39 is 0 Å². The van der Waals surface area contributed by atoms with Crippen molar-refractivity contribution >= 4 is 11.6 Å². The second-order valence-corrected chi connectivity index (χ2v) is 6.25. The zero-order valence-electron chi connectivity index (χ0n) is 12.8. The van der Waals surface area contributed by atoms with Crippen LogP contribution in [0.2, 0.25) is 0 Å². The Labute approximate surface area is 135 Å². The number of nitrogens with zero attached hydrogens (tertiary/aromatic N) is 5. The summed E-state index contributed by atoms with van der Waals surface area (Å²) in [5.41, 5.74) is 1.72. The lowest BCUT2D eigenvalue weighted by atomic mass is 10.00. The molecule has 6 heteroatoms. The van der Waals surface area contributed by atoms with E-state index in [4.69, 9.17) is 5.26 Å². The van der Waals surface area contributed by atoms with Gasteiger partial charge in [-0.25, -0.2) is 4.98 Å². The van der Waals surface area contributed by atoms with Gasteiger partial charge >= 0.3 is 0 Å². The molecule has 6 nitrogen and oxygen atoms in total. The Morgan fingerprint density at radius 3 is 2.78 bits per heavy atom. The highest BCUT2D eigenvalue weighted by molar-refractivity contribution is 5.51. The molecule has 2 aliphatic rings. The number of aromatic nitrogens is 3. The quantitative estimate of drug-likeness (QED) is 0.912. The first kappa shape index (κ1) is 13.9. The number of hydrogen-bond donors (Lipinski definition) is 1. The molecule has 0 bridgehead atoms. The minimum absolute atomic E-state index is 0.536. The van der Waals surface area contributed by atoms with Crippen LogP contribution in [0.25, 0.3) is 0 Å². The third-order valence-corrected chi connectivity index (χ3v) is 4.43. The van der Waals surface area contributed by atoms with Crippen LogP contribution < -0.4 is 10.2 Å². The van der Waals surface area contributed by atoms with Crippen LogP contribution in [0.5, 0.6) is 0 Å². The fourth-order valence-electron chi connectivity index (χ4n) is 2.86. The molecule has 0 unspecified atom stereocenters. The number of anilines is 2. The van der Waals surface area contributed by atoms with E-state index in [-0.39, 0.29) is 0 Å². The summed E-state index contributed by atoms with van der Waals surface area (Å²) in [4.78, 5) is 6.46. The standard InChI is InChI=1S/C17H18N6/c18-8-14-2-1-7-19-17(14)20-9-12-10-23(11-12)16-6-5-15(21-22-16)13-3-4-13/h1-2,5-7,12-13H,3-4,9-11H2,(H,19,20). The first-order valence-corrected chi connectivity index (χ1v) is 8.01. The molecule has 0 aromatic carbocycles. The molecule has 1 saturated carbocycles. The first-order valence-electron chi connectivity index (χ1n) is 8.01. The highest BCUT2D eigenvalue weighted by Gasteiger charge is 2.29. The van der Waals surface area contributed by atoms with Crippen LogP contribution in [0.15, 0.2) is 30.5 Å². The summed E-state index contributed by atoms with van der Waals surface area (Å²) in [7, 11) is 0. The van der Waals surface area contributed by atoms with Crippen LogP contribution in [0.3, 0.4) is 0 Å². The third kappa shape index (κ3) is 2.95. The summed E-state index contributed by atoms with van der Waals surface area (Å²) in [6, 6.07) is 9.90. The van der Waals surface area contributed by atoms with E-state index in [1.54, 1.807) is 18.3 Å². The molecular formula is C17H18N6. The lowest BCUT2D eigenvalue weighted by Crippen LogP contribution is -2.50. The summed E-state index contributed by atoms with van der Waals surface area (Å²) in [5, 5.41) is 21.0. The molecule has 2 aromatic rings. The largest absolute Gasteiger partial charge is 0.369 e. The number of pyridine rings is 1. The molecule has 0 atom stereocenters. The maximum atomic E-state index is 9.06. The van der Waals surface area contributed by atoms with Gasteiger partial charge < -0.3 is 10.2 Å². The summed E-state index contributed by atoms with van der Waals surface area (Å²) in [5.74, 6) is 2.81. The van der Waals surface area contributed by atoms with Gasteiger partial charge in [0.25, 0.3) is 0 Å². The number of nitriles is 1. The van der Waals surface area contributed by atoms with Gasteiger partial charge in [-0.05, 0) is 37.1 Å². The topological polar surface area (TPSA) is 77.7 Å². The van der Waals surface area contributed by atoms with Gasteiger partial charge in [0.15, 0.2) is 5.82 Å². The average Bonchev–Trinajstić information content (AvgIpc) is 3.39. The Morgan fingerprint density at radius 1 is 1.22 bits per heavy atom. The molecule has 1 N–H and O–H groups in total. The Kier molecular flexibility index (Phi) is 3.54. The van der Waals surface area contributed by atoms with Gasteiger partial charge in [-0.15, -0.1) is 5.10 Å². The van der Waals surface area contributed by atoms with Crippen molar-refractivity contribution in [2.75, 3.05) is 29.9 Å². The van der Waals surface area contributed by atoms with E-state index in [0.29, 0.717) is 23.2 Å². The van der Waals surface area contributed by atoms with Gasteiger partial charge in [0.2, 0.25) is 0 Å². The minimum Gasteiger partial charge on any atom is -0.369 e. The molecule has 0 spiro atoms. The van der Waals surface area contributed by atoms with Gasteiger partial charge in [-0.1, -0.05) is 0 Å². The van der Waals surface area contributed by atoms with E-state index in [0.717, 1.165) is 31.1 Å². The van der Waals surface area contributed by atoms with E-state index in [1.165, 1.54) is 12.8 Å².